The van der Waals surface area contributed by atoms with E-state index >= 15 is 0 Å². The molecule has 122 valence electrons. The molecular formula is C20H14N2O2S. The lowest BCUT2D eigenvalue weighted by Gasteiger charge is -2.07. The van der Waals surface area contributed by atoms with Crippen LogP contribution in [-0.4, -0.2) is 10.9 Å². The van der Waals surface area contributed by atoms with Gasteiger partial charge in [-0.2, -0.15) is 0 Å². The van der Waals surface area contributed by atoms with Crippen molar-refractivity contribution in [3.63, 3.8) is 0 Å². The lowest BCUT2D eigenvalue weighted by Crippen LogP contribution is -2.11. The van der Waals surface area contributed by atoms with Crippen LogP contribution in [0.4, 0.5) is 5.13 Å². The molecule has 0 unspecified atom stereocenters. The first-order valence-corrected chi connectivity index (χ1v) is 8.59. The number of carbonyl (C=O) groups is 1. The maximum Gasteiger partial charge on any atom is 0.257 e. The number of para-hydroxylation sites is 2. The van der Waals surface area contributed by atoms with E-state index in [-0.39, 0.29) is 5.91 Å². The molecule has 25 heavy (non-hydrogen) atoms. The van der Waals surface area contributed by atoms with Crippen molar-refractivity contribution in [1.29, 1.82) is 0 Å². The number of amides is 1. The van der Waals surface area contributed by atoms with Gasteiger partial charge in [-0.05, 0) is 42.5 Å². The first-order chi connectivity index (χ1) is 12.3. The number of rotatable bonds is 4. The van der Waals surface area contributed by atoms with E-state index in [9.17, 15) is 4.79 Å². The summed E-state index contributed by atoms with van der Waals surface area (Å²) in [5.41, 5.74) is 1.40. The van der Waals surface area contributed by atoms with Crippen LogP contribution in [0, 0.1) is 0 Å². The van der Waals surface area contributed by atoms with Gasteiger partial charge in [-0.1, -0.05) is 47.7 Å². The van der Waals surface area contributed by atoms with Crippen LogP contribution in [0.1, 0.15) is 10.4 Å². The van der Waals surface area contributed by atoms with E-state index in [0.29, 0.717) is 16.4 Å². The molecule has 0 aliphatic carbocycles. The second kappa shape index (κ2) is 6.75. The van der Waals surface area contributed by atoms with Crippen LogP contribution in [0.3, 0.4) is 0 Å². The van der Waals surface area contributed by atoms with Crippen molar-refractivity contribution in [2.45, 2.75) is 0 Å². The third-order valence-electron chi connectivity index (χ3n) is 3.59. The summed E-state index contributed by atoms with van der Waals surface area (Å²) in [6.45, 7) is 0. The SMILES string of the molecule is O=C(Nc1nc2ccccc2s1)c1cccc(Oc2ccccc2)c1. The van der Waals surface area contributed by atoms with Crippen molar-refractivity contribution in [2.24, 2.45) is 0 Å². The Hall–Kier alpha value is -3.18. The van der Waals surface area contributed by atoms with Gasteiger partial charge in [-0.15, -0.1) is 0 Å². The lowest BCUT2D eigenvalue weighted by atomic mass is 10.2. The summed E-state index contributed by atoms with van der Waals surface area (Å²) in [6, 6.07) is 24.3. The molecule has 0 atom stereocenters. The van der Waals surface area contributed by atoms with Gasteiger partial charge in [0.25, 0.3) is 5.91 Å². The van der Waals surface area contributed by atoms with Crippen molar-refractivity contribution < 1.29 is 9.53 Å². The largest absolute Gasteiger partial charge is 0.457 e. The Kier molecular flexibility index (Phi) is 4.14. The van der Waals surface area contributed by atoms with Crippen molar-refractivity contribution in [3.8, 4) is 11.5 Å². The minimum Gasteiger partial charge on any atom is -0.457 e. The number of ether oxygens (including phenoxy) is 1. The molecule has 0 bridgehead atoms. The maximum atomic E-state index is 12.5. The summed E-state index contributed by atoms with van der Waals surface area (Å²) >= 11 is 1.45. The summed E-state index contributed by atoms with van der Waals surface area (Å²) in [4.78, 5) is 16.9. The molecule has 1 amide bonds. The zero-order valence-corrected chi connectivity index (χ0v) is 14.0. The number of hydrogen-bond acceptors (Lipinski definition) is 4. The molecule has 4 nitrogen and oxygen atoms in total. The average molecular weight is 346 g/mol. The Balaban J connectivity index is 1.52. The van der Waals surface area contributed by atoms with E-state index in [0.717, 1.165) is 16.0 Å². The molecule has 0 aliphatic heterocycles. The van der Waals surface area contributed by atoms with Crippen molar-refractivity contribution in [2.75, 3.05) is 5.32 Å². The van der Waals surface area contributed by atoms with Crippen molar-refractivity contribution >= 4 is 32.6 Å². The number of thiazole rings is 1. The Labute approximate surface area is 148 Å². The second-order valence-corrected chi connectivity index (χ2v) is 6.41. The molecule has 0 saturated carbocycles. The third-order valence-corrected chi connectivity index (χ3v) is 4.54. The van der Waals surface area contributed by atoms with E-state index in [1.807, 2.05) is 60.7 Å². The van der Waals surface area contributed by atoms with Gasteiger partial charge in [0.1, 0.15) is 11.5 Å². The van der Waals surface area contributed by atoms with E-state index in [4.69, 9.17) is 4.74 Å². The van der Waals surface area contributed by atoms with Crippen LogP contribution in [0.2, 0.25) is 0 Å². The normalized spacial score (nSPS) is 10.6. The Morgan fingerprint density at radius 3 is 2.48 bits per heavy atom. The molecular weight excluding hydrogens is 332 g/mol. The standard InChI is InChI=1S/C20H14N2O2S/c23-19(22-20-21-17-11-4-5-12-18(17)25-20)14-7-6-10-16(13-14)24-15-8-2-1-3-9-15/h1-13H,(H,21,22,23). The van der Waals surface area contributed by atoms with Gasteiger partial charge < -0.3 is 4.74 Å². The molecule has 0 fully saturated rings. The Morgan fingerprint density at radius 2 is 1.64 bits per heavy atom. The summed E-state index contributed by atoms with van der Waals surface area (Å²) < 4.78 is 6.82. The zero-order chi connectivity index (χ0) is 17.1. The number of nitrogens with zero attached hydrogens (tertiary/aromatic N) is 1. The fraction of sp³-hybridized carbons (Fsp3) is 0. The maximum absolute atomic E-state index is 12.5. The molecule has 4 rings (SSSR count). The molecule has 1 heterocycles. The number of nitrogens with one attached hydrogen (secondary N) is 1. The summed E-state index contributed by atoms with van der Waals surface area (Å²) in [6.07, 6.45) is 0. The van der Waals surface area contributed by atoms with Crippen LogP contribution in [0.15, 0.2) is 78.9 Å². The minimum absolute atomic E-state index is 0.211. The summed E-state index contributed by atoms with van der Waals surface area (Å²) in [5, 5.41) is 3.44. The molecule has 0 spiro atoms. The van der Waals surface area contributed by atoms with Gasteiger partial charge in [0.05, 0.1) is 10.2 Å². The van der Waals surface area contributed by atoms with Gasteiger partial charge in [0, 0.05) is 5.56 Å². The van der Waals surface area contributed by atoms with Crippen LogP contribution in [0.5, 0.6) is 11.5 Å². The highest BCUT2D eigenvalue weighted by Gasteiger charge is 2.11. The summed E-state index contributed by atoms with van der Waals surface area (Å²) in [7, 11) is 0. The number of carbonyl (C=O) groups excluding carboxylic acids is 1. The zero-order valence-electron chi connectivity index (χ0n) is 13.2. The first-order valence-electron chi connectivity index (χ1n) is 7.78. The molecule has 4 aromatic rings. The van der Waals surface area contributed by atoms with E-state index < -0.39 is 0 Å². The summed E-state index contributed by atoms with van der Waals surface area (Å²) in [5.74, 6) is 1.13. The van der Waals surface area contributed by atoms with Crippen LogP contribution in [-0.2, 0) is 0 Å². The average Bonchev–Trinajstić information content (AvgIpc) is 3.05. The predicted octanol–water partition coefficient (Wildman–Crippen LogP) is 5.34. The van der Waals surface area contributed by atoms with E-state index in [1.54, 1.807) is 18.2 Å². The van der Waals surface area contributed by atoms with Gasteiger partial charge in [-0.3, -0.25) is 10.1 Å². The Morgan fingerprint density at radius 1 is 0.880 bits per heavy atom. The topological polar surface area (TPSA) is 51.2 Å². The molecule has 0 aliphatic rings. The molecule has 5 heteroatoms. The third kappa shape index (κ3) is 3.51. The molecule has 1 N–H and O–H groups in total. The molecule has 0 radical (unpaired) electrons. The first kappa shape index (κ1) is 15.4. The highest BCUT2D eigenvalue weighted by Crippen LogP contribution is 2.26. The van der Waals surface area contributed by atoms with Gasteiger partial charge >= 0.3 is 0 Å². The number of anilines is 1. The quantitative estimate of drug-likeness (QED) is 0.542. The molecule has 1 aromatic heterocycles. The smallest absolute Gasteiger partial charge is 0.257 e. The predicted molar refractivity (Wildman–Crippen MR) is 101 cm³/mol. The van der Waals surface area contributed by atoms with E-state index in [2.05, 4.69) is 10.3 Å². The second-order valence-electron chi connectivity index (χ2n) is 5.38. The highest BCUT2D eigenvalue weighted by molar-refractivity contribution is 7.22. The number of benzene rings is 3. The Bertz CT molecular complexity index is 995. The minimum atomic E-state index is -0.211. The monoisotopic (exact) mass is 346 g/mol. The number of fused-ring (bicyclic) bond motifs is 1. The lowest BCUT2D eigenvalue weighted by molar-refractivity contribution is 0.102. The van der Waals surface area contributed by atoms with E-state index in [1.165, 1.54) is 11.3 Å². The van der Waals surface area contributed by atoms with Crippen molar-refractivity contribution in [1.82, 2.24) is 4.98 Å². The fourth-order valence-electron chi connectivity index (χ4n) is 2.42. The van der Waals surface area contributed by atoms with Crippen molar-refractivity contribution in [3.05, 3.63) is 84.4 Å². The molecule has 0 saturated heterocycles. The number of aromatic nitrogens is 1. The van der Waals surface area contributed by atoms with Gasteiger partial charge in [-0.25, -0.2) is 4.98 Å². The fourth-order valence-corrected chi connectivity index (χ4v) is 3.28. The van der Waals surface area contributed by atoms with Crippen LogP contribution in [0.25, 0.3) is 10.2 Å². The van der Waals surface area contributed by atoms with Gasteiger partial charge in [0.15, 0.2) is 5.13 Å². The van der Waals surface area contributed by atoms with Crippen LogP contribution >= 0.6 is 11.3 Å². The van der Waals surface area contributed by atoms with Crippen LogP contribution < -0.4 is 10.1 Å². The van der Waals surface area contributed by atoms with Gasteiger partial charge in [0.2, 0.25) is 0 Å². The number of hydrogen-bond donors (Lipinski definition) is 1. The highest BCUT2D eigenvalue weighted by atomic mass is 32.1. The molecule has 3 aromatic carbocycles.